The van der Waals surface area contributed by atoms with Gasteiger partial charge in [-0.1, -0.05) is 12.1 Å². The average molecular weight is 397 g/mol. The van der Waals surface area contributed by atoms with E-state index in [1.54, 1.807) is 25.1 Å². The van der Waals surface area contributed by atoms with E-state index < -0.39 is 12.0 Å². The van der Waals surface area contributed by atoms with Crippen molar-refractivity contribution in [2.75, 3.05) is 12.4 Å². The number of aromatic nitrogens is 2. The minimum absolute atomic E-state index is 0.0779. The van der Waals surface area contributed by atoms with Crippen molar-refractivity contribution in [1.82, 2.24) is 10.3 Å². The molecule has 0 aliphatic rings. The van der Waals surface area contributed by atoms with Crippen molar-refractivity contribution in [3.63, 3.8) is 0 Å². The summed E-state index contributed by atoms with van der Waals surface area (Å²) in [6, 6.07) is 14.4. The third-order valence-corrected chi connectivity index (χ3v) is 3.97. The van der Waals surface area contributed by atoms with Gasteiger partial charge in [-0.3, -0.25) is 4.79 Å². The van der Waals surface area contributed by atoms with Crippen LogP contribution in [0.4, 0.5) is 5.82 Å². The number of benzene rings is 2. The lowest BCUT2D eigenvalue weighted by Crippen LogP contribution is -2.30. The van der Waals surface area contributed by atoms with E-state index in [9.17, 15) is 4.79 Å². The Morgan fingerprint density at radius 2 is 1.66 bits per heavy atom. The summed E-state index contributed by atoms with van der Waals surface area (Å²) in [6.45, 7) is 5.54. The Morgan fingerprint density at radius 3 is 2.31 bits per heavy atom. The van der Waals surface area contributed by atoms with E-state index in [1.807, 2.05) is 44.2 Å². The number of nitrogens with zero attached hydrogens (tertiary/aromatic N) is 2. The first-order valence-electron chi connectivity index (χ1n) is 9.18. The molecule has 0 radical (unpaired) electrons. The van der Waals surface area contributed by atoms with E-state index in [0.29, 0.717) is 17.2 Å². The molecule has 0 fully saturated rings. The number of amides is 1. The minimum atomic E-state index is -0.794. The molecule has 0 aliphatic carbocycles. The SMILES string of the molecule is COc1ccccc1O[C@H](C)C(=O)Nc1nonc1-c1ccc(OC(C)C)cc1. The first-order valence-corrected chi connectivity index (χ1v) is 9.18. The van der Waals surface area contributed by atoms with E-state index in [4.69, 9.17) is 18.8 Å². The first-order chi connectivity index (χ1) is 14.0. The highest BCUT2D eigenvalue weighted by molar-refractivity contribution is 5.96. The van der Waals surface area contributed by atoms with Crippen molar-refractivity contribution in [2.45, 2.75) is 33.0 Å². The monoisotopic (exact) mass is 397 g/mol. The maximum atomic E-state index is 12.6. The van der Waals surface area contributed by atoms with Crippen LogP contribution in [0.5, 0.6) is 17.2 Å². The van der Waals surface area contributed by atoms with Crippen molar-refractivity contribution in [2.24, 2.45) is 0 Å². The predicted octanol–water partition coefficient (Wildman–Crippen LogP) is 3.94. The van der Waals surface area contributed by atoms with Gasteiger partial charge in [0.25, 0.3) is 5.91 Å². The second-order valence-corrected chi connectivity index (χ2v) is 6.55. The Kier molecular flexibility index (Phi) is 6.33. The van der Waals surface area contributed by atoms with Crippen molar-refractivity contribution in [3.8, 4) is 28.5 Å². The van der Waals surface area contributed by atoms with Gasteiger partial charge >= 0.3 is 0 Å². The highest BCUT2D eigenvalue weighted by Gasteiger charge is 2.21. The molecule has 0 saturated carbocycles. The molecular weight excluding hydrogens is 374 g/mol. The molecule has 2 aromatic carbocycles. The Balaban J connectivity index is 1.69. The van der Waals surface area contributed by atoms with Crippen LogP contribution in [0.2, 0.25) is 0 Å². The lowest BCUT2D eigenvalue weighted by molar-refractivity contribution is -0.122. The van der Waals surface area contributed by atoms with E-state index in [2.05, 4.69) is 15.6 Å². The summed E-state index contributed by atoms with van der Waals surface area (Å²) in [5, 5.41) is 10.4. The number of rotatable bonds is 8. The summed E-state index contributed by atoms with van der Waals surface area (Å²) in [5.41, 5.74) is 1.15. The summed E-state index contributed by atoms with van der Waals surface area (Å²) in [4.78, 5) is 12.6. The molecule has 8 nitrogen and oxygen atoms in total. The van der Waals surface area contributed by atoms with E-state index >= 15 is 0 Å². The lowest BCUT2D eigenvalue weighted by Gasteiger charge is -2.16. The molecule has 8 heteroatoms. The summed E-state index contributed by atoms with van der Waals surface area (Å²) in [5.74, 6) is 1.57. The quantitative estimate of drug-likeness (QED) is 0.615. The van der Waals surface area contributed by atoms with Crippen LogP contribution >= 0.6 is 0 Å². The van der Waals surface area contributed by atoms with Crippen LogP contribution in [0.1, 0.15) is 20.8 Å². The number of carbonyl (C=O) groups is 1. The lowest BCUT2D eigenvalue weighted by atomic mass is 10.1. The highest BCUT2D eigenvalue weighted by Crippen LogP contribution is 2.28. The van der Waals surface area contributed by atoms with Crippen molar-refractivity contribution >= 4 is 11.7 Å². The molecule has 1 N–H and O–H groups in total. The number of carbonyl (C=O) groups excluding carboxylic acids is 1. The van der Waals surface area contributed by atoms with Crippen LogP contribution in [0.25, 0.3) is 11.3 Å². The molecule has 1 aromatic heterocycles. The van der Waals surface area contributed by atoms with Crippen LogP contribution < -0.4 is 19.5 Å². The standard InChI is InChI=1S/C21H23N3O5/c1-13(2)27-16-11-9-15(10-12-16)19-20(24-29-23-19)22-21(25)14(3)28-18-8-6-5-7-17(18)26-4/h5-14H,1-4H3,(H,22,24,25)/t14-/m1/s1. The molecule has 1 heterocycles. The molecule has 0 unspecified atom stereocenters. The van der Waals surface area contributed by atoms with Gasteiger partial charge in [-0.15, -0.1) is 0 Å². The first kappa shape index (κ1) is 20.2. The molecule has 29 heavy (non-hydrogen) atoms. The zero-order valence-corrected chi connectivity index (χ0v) is 16.7. The number of hydrogen-bond donors (Lipinski definition) is 1. The van der Waals surface area contributed by atoms with E-state index in [-0.39, 0.29) is 11.9 Å². The fraction of sp³-hybridized carbons (Fsp3) is 0.286. The minimum Gasteiger partial charge on any atom is -0.493 e. The number of nitrogens with one attached hydrogen (secondary N) is 1. The van der Waals surface area contributed by atoms with Gasteiger partial charge in [0, 0.05) is 5.56 Å². The maximum Gasteiger partial charge on any atom is 0.266 e. The molecule has 3 aromatic rings. The molecular formula is C21H23N3O5. The van der Waals surface area contributed by atoms with Gasteiger partial charge in [0.1, 0.15) is 5.75 Å². The molecule has 0 aliphatic heterocycles. The van der Waals surface area contributed by atoms with Gasteiger partial charge in [0.05, 0.1) is 13.2 Å². The van der Waals surface area contributed by atoms with Crippen LogP contribution in [-0.2, 0) is 4.79 Å². The highest BCUT2D eigenvalue weighted by atomic mass is 16.6. The fourth-order valence-electron chi connectivity index (χ4n) is 2.60. The molecule has 152 valence electrons. The smallest absolute Gasteiger partial charge is 0.266 e. The molecule has 1 amide bonds. The summed E-state index contributed by atoms with van der Waals surface area (Å²) in [7, 11) is 1.54. The summed E-state index contributed by atoms with van der Waals surface area (Å²) in [6.07, 6.45) is -0.716. The number of anilines is 1. The topological polar surface area (TPSA) is 95.7 Å². The average Bonchev–Trinajstić information content (AvgIpc) is 3.16. The molecule has 0 bridgehead atoms. The Labute approximate surface area is 168 Å². The number of ether oxygens (including phenoxy) is 3. The zero-order chi connectivity index (χ0) is 20.8. The third-order valence-electron chi connectivity index (χ3n) is 3.97. The van der Waals surface area contributed by atoms with E-state index in [1.165, 1.54) is 7.11 Å². The molecule has 1 atom stereocenters. The predicted molar refractivity (Wildman–Crippen MR) is 107 cm³/mol. The van der Waals surface area contributed by atoms with Crippen molar-refractivity contribution in [3.05, 3.63) is 48.5 Å². The maximum absolute atomic E-state index is 12.6. The van der Waals surface area contributed by atoms with Crippen LogP contribution in [0.15, 0.2) is 53.2 Å². The van der Waals surface area contributed by atoms with Gasteiger partial charge in [-0.25, -0.2) is 4.63 Å². The Hall–Kier alpha value is -3.55. The number of hydrogen-bond acceptors (Lipinski definition) is 7. The number of para-hydroxylation sites is 2. The molecule has 0 saturated heterocycles. The summed E-state index contributed by atoms with van der Waals surface area (Å²) < 4.78 is 21.4. The largest absolute Gasteiger partial charge is 0.493 e. The second kappa shape index (κ2) is 9.09. The van der Waals surface area contributed by atoms with Crippen LogP contribution in [-0.4, -0.2) is 35.5 Å². The van der Waals surface area contributed by atoms with Gasteiger partial charge in [0.2, 0.25) is 5.82 Å². The zero-order valence-electron chi connectivity index (χ0n) is 16.7. The normalized spacial score (nSPS) is 11.8. The third kappa shape index (κ3) is 5.04. The number of methoxy groups -OCH3 is 1. The Bertz CT molecular complexity index is 953. The van der Waals surface area contributed by atoms with Gasteiger partial charge in [0.15, 0.2) is 23.3 Å². The van der Waals surface area contributed by atoms with Crippen LogP contribution in [0, 0.1) is 0 Å². The van der Waals surface area contributed by atoms with Crippen molar-refractivity contribution in [1.29, 1.82) is 0 Å². The molecule has 3 rings (SSSR count). The molecule has 0 spiro atoms. The summed E-state index contributed by atoms with van der Waals surface area (Å²) >= 11 is 0. The second-order valence-electron chi connectivity index (χ2n) is 6.55. The van der Waals surface area contributed by atoms with Crippen molar-refractivity contribution < 1.29 is 23.6 Å². The fourth-order valence-corrected chi connectivity index (χ4v) is 2.60. The Morgan fingerprint density at radius 1 is 0.966 bits per heavy atom. The van der Waals surface area contributed by atoms with Crippen LogP contribution in [0.3, 0.4) is 0 Å². The van der Waals surface area contributed by atoms with Gasteiger partial charge in [-0.2, -0.15) is 0 Å². The van der Waals surface area contributed by atoms with Gasteiger partial charge < -0.3 is 19.5 Å². The van der Waals surface area contributed by atoms with Gasteiger partial charge in [-0.05, 0) is 67.5 Å². The van der Waals surface area contributed by atoms with E-state index in [0.717, 1.165) is 11.3 Å².